The van der Waals surface area contributed by atoms with Crippen molar-refractivity contribution in [1.82, 2.24) is 43.6 Å². The minimum atomic E-state index is -0.683. The van der Waals surface area contributed by atoms with Crippen LogP contribution in [0.5, 0.6) is 0 Å². The zero-order valence-corrected chi connectivity index (χ0v) is 46.9. The van der Waals surface area contributed by atoms with E-state index in [1.54, 1.807) is 36.4 Å². The van der Waals surface area contributed by atoms with E-state index in [0.29, 0.717) is 56.9 Å². The lowest BCUT2D eigenvalue weighted by Crippen LogP contribution is -2.31. The Morgan fingerprint density at radius 3 is 1.35 bits per heavy atom. The quantitative estimate of drug-likeness (QED) is 0.0338. The van der Waals surface area contributed by atoms with E-state index in [1.807, 2.05) is 26.8 Å². The summed E-state index contributed by atoms with van der Waals surface area (Å²) in [7, 11) is 0. The normalized spacial score (nSPS) is 22.9. The van der Waals surface area contributed by atoms with E-state index in [1.165, 1.54) is 13.7 Å². The lowest BCUT2D eigenvalue weighted by atomic mass is 9.95. The number of carbonyl (C=O) groups is 1. The lowest BCUT2D eigenvalue weighted by Gasteiger charge is -2.23. The molecule has 28 heteroatoms. The number of benzene rings is 1. The van der Waals surface area contributed by atoms with Gasteiger partial charge in [-0.1, -0.05) is 121 Å². The van der Waals surface area contributed by atoms with E-state index < -0.39 is 65.7 Å². The van der Waals surface area contributed by atoms with Gasteiger partial charge in [0.1, 0.15) is 38.9 Å². The number of anilines is 3. The Labute approximate surface area is 489 Å². The molecule has 9 heterocycles. The largest absolute Gasteiger partial charge is 0.456 e. The number of aliphatic hydroxyl groups is 2. The standard InChI is InChI=1S/C22H24N4O5S.C15H22N4O4S.C15H20N4O4S.3CH4/c1-3-8-13-11-15(14(4-2)31-20(28)12-9-6-5-7-10-12)30-19(13)26-17-16(32-22(26)29)18(27)25-21(23)24-17;2*1-3-5-7-6-9(8(20)4-2)23-13(7)19-11-10(24-15(19)22)12(21)18-14(16)17-11;;;/h3,5-7,9-10,13-15,19H,1,4,8,11H2,2H3,(H3,23,24,25,27);7-9,13,20H,3-6H2,1-2H3,(H3,16,17,18,21);3,7-9,13,20H,1,4-6H2,2H3,(H3,16,17,18,21);3*1H4/t13-,14?,15+,19-;2*7-,8?,9+,13-;;;/m111.../s1. The van der Waals surface area contributed by atoms with Crippen LogP contribution < -0.4 is 48.5 Å². The smallest absolute Gasteiger partial charge is 0.338 e. The number of hydrogen-bond acceptors (Lipinski definition) is 22. The molecule has 12 atom stereocenters. The second-order valence-corrected chi connectivity index (χ2v) is 22.6. The second kappa shape index (κ2) is 29.1. The minimum absolute atomic E-state index is 0. The molecule has 0 bridgehead atoms. The first-order valence-corrected chi connectivity index (χ1v) is 28.8. The molecule has 0 spiro atoms. The topological polar surface area (TPSA) is 376 Å². The summed E-state index contributed by atoms with van der Waals surface area (Å²) in [5.41, 5.74) is 16.8. The van der Waals surface area contributed by atoms with E-state index in [9.17, 15) is 43.8 Å². The fourth-order valence-electron chi connectivity index (χ4n) is 10.6. The predicted octanol–water partition coefficient (Wildman–Crippen LogP) is 6.93. The highest BCUT2D eigenvalue weighted by Crippen LogP contribution is 2.42. The van der Waals surface area contributed by atoms with E-state index in [2.05, 4.69) is 50.0 Å². The summed E-state index contributed by atoms with van der Waals surface area (Å²) in [5, 5.41) is 20.2. The van der Waals surface area contributed by atoms with Gasteiger partial charge in [-0.05, 0) is 69.9 Å². The summed E-state index contributed by atoms with van der Waals surface area (Å²) in [4.78, 5) is 105. The van der Waals surface area contributed by atoms with Crippen molar-refractivity contribution in [3.05, 3.63) is 121 Å². The number of nitrogens with one attached hydrogen (secondary N) is 3. The van der Waals surface area contributed by atoms with Gasteiger partial charge in [0, 0.05) is 17.8 Å². The highest BCUT2D eigenvalue weighted by molar-refractivity contribution is 7.16. The first-order chi connectivity index (χ1) is 38.3. The van der Waals surface area contributed by atoms with Crippen molar-refractivity contribution in [2.75, 3.05) is 17.2 Å². The summed E-state index contributed by atoms with van der Waals surface area (Å²) < 4.78 is 28.9. The molecule has 3 fully saturated rings. The van der Waals surface area contributed by atoms with Gasteiger partial charge in [0.05, 0.1) is 36.1 Å². The van der Waals surface area contributed by atoms with E-state index >= 15 is 0 Å². The number of ether oxygens (including phenoxy) is 4. The number of thiazole rings is 3. The molecule has 11 N–H and O–H groups in total. The van der Waals surface area contributed by atoms with Crippen LogP contribution in [-0.4, -0.2) is 96.4 Å². The maximum Gasteiger partial charge on any atom is 0.338 e. The molecule has 25 nitrogen and oxygen atoms in total. The average molecular weight is 1210 g/mol. The van der Waals surface area contributed by atoms with Crippen molar-refractivity contribution in [2.24, 2.45) is 17.8 Å². The molecule has 1 aromatic carbocycles. The number of rotatable bonds is 17. The van der Waals surface area contributed by atoms with Crippen LogP contribution in [0.15, 0.2) is 84.4 Å². The average Bonchev–Trinajstić information content (AvgIpc) is 2.34. The summed E-state index contributed by atoms with van der Waals surface area (Å²) in [6.07, 6.45) is 5.42. The van der Waals surface area contributed by atoms with Crippen LogP contribution in [0.25, 0.3) is 31.0 Å². The van der Waals surface area contributed by atoms with Crippen molar-refractivity contribution in [3.8, 4) is 0 Å². The van der Waals surface area contributed by atoms with E-state index in [4.69, 9.17) is 36.1 Å². The van der Waals surface area contributed by atoms with Crippen LogP contribution in [0.2, 0.25) is 0 Å². The first-order valence-electron chi connectivity index (χ1n) is 26.4. The number of carbonyl (C=O) groups excluding carboxylic acids is 1. The highest BCUT2D eigenvalue weighted by Gasteiger charge is 2.44. The monoisotopic (exact) mass is 1210 g/mol. The molecule has 83 heavy (non-hydrogen) atoms. The number of aromatic nitrogens is 9. The molecule has 3 unspecified atom stereocenters. The van der Waals surface area contributed by atoms with Gasteiger partial charge in [-0.25, -0.2) is 4.79 Å². The molecule has 454 valence electrons. The Hall–Kier alpha value is -6.92. The fraction of sp³-hybridized carbons (Fsp3) is 0.527. The number of fused-ring (bicyclic) bond motifs is 3. The number of aliphatic hydroxyl groups excluding tert-OH is 2. The van der Waals surface area contributed by atoms with Crippen molar-refractivity contribution in [3.63, 3.8) is 0 Å². The molecule has 7 aromatic rings. The van der Waals surface area contributed by atoms with Gasteiger partial charge in [-0.3, -0.25) is 57.4 Å². The molecule has 10 rings (SSSR count). The van der Waals surface area contributed by atoms with Gasteiger partial charge in [0.25, 0.3) is 16.7 Å². The third-order valence-electron chi connectivity index (χ3n) is 14.4. The molecule has 3 aliphatic heterocycles. The van der Waals surface area contributed by atoms with E-state index in [0.717, 1.165) is 46.9 Å². The molecular formula is C55H78N12O13S3. The van der Waals surface area contributed by atoms with Crippen molar-refractivity contribution in [1.29, 1.82) is 0 Å². The summed E-state index contributed by atoms with van der Waals surface area (Å²) in [6.45, 7) is 15.3. The predicted molar refractivity (Wildman–Crippen MR) is 326 cm³/mol. The lowest BCUT2D eigenvalue weighted by molar-refractivity contribution is -0.0737. The van der Waals surface area contributed by atoms with Crippen molar-refractivity contribution in [2.45, 2.75) is 169 Å². The van der Waals surface area contributed by atoms with Crippen LogP contribution in [0.4, 0.5) is 17.8 Å². The number of aromatic amines is 3. The molecule has 0 amide bonds. The molecule has 6 aromatic heterocycles. The number of hydrogen-bond donors (Lipinski definition) is 8. The van der Waals surface area contributed by atoms with Gasteiger partial charge in [0.2, 0.25) is 17.8 Å². The second-order valence-electron chi connectivity index (χ2n) is 19.7. The summed E-state index contributed by atoms with van der Waals surface area (Å²) in [5.74, 6) is -0.655. The number of nitrogens with zero attached hydrogens (tertiary/aromatic N) is 6. The van der Waals surface area contributed by atoms with Crippen molar-refractivity contribution >= 4 is 88.9 Å². The van der Waals surface area contributed by atoms with Gasteiger partial charge in [-0.2, -0.15) is 15.0 Å². The SMILES string of the molecule is C.C.C.C=CC[C@@H]1C[C@@H](C(CC)OC(=O)c2ccccc2)O[C@H]1n1c(=O)sc2c(=O)[nH]c(N)nc21.C=CC[C@@H]1C[C@@H](C(O)CC)O[C@H]1n1c(=O)sc2c(=O)[nH]c(N)nc21.CCC[C@@H]1C[C@@H](C(O)CC)O[C@H]1n1c(=O)sc2c(=O)[nH]c(N)nc21. The summed E-state index contributed by atoms with van der Waals surface area (Å²) >= 11 is 2.45. The van der Waals surface area contributed by atoms with Crippen LogP contribution >= 0.6 is 34.0 Å². The Kier molecular flexibility index (Phi) is 23.4. The van der Waals surface area contributed by atoms with Gasteiger partial charge in [-0.15, -0.1) is 13.2 Å². The maximum absolute atomic E-state index is 12.8. The fourth-order valence-corrected chi connectivity index (χ4v) is 13.1. The highest BCUT2D eigenvalue weighted by atomic mass is 32.1. The number of H-pyrrole nitrogens is 3. The van der Waals surface area contributed by atoms with Gasteiger partial charge >= 0.3 is 20.6 Å². The zero-order chi connectivity index (χ0) is 57.7. The minimum Gasteiger partial charge on any atom is -0.456 e. The van der Waals surface area contributed by atoms with Crippen LogP contribution in [-0.2, 0) is 18.9 Å². The van der Waals surface area contributed by atoms with Crippen LogP contribution in [0, 0.1) is 17.8 Å². The Morgan fingerprint density at radius 2 is 0.988 bits per heavy atom. The van der Waals surface area contributed by atoms with Crippen LogP contribution in [0.1, 0.15) is 143 Å². The number of allylic oxidation sites excluding steroid dienone is 2. The van der Waals surface area contributed by atoms with Crippen molar-refractivity contribution < 1.29 is 34.0 Å². The Bertz CT molecular complexity index is 3710. The van der Waals surface area contributed by atoms with Crippen LogP contribution in [0.3, 0.4) is 0 Å². The molecule has 3 saturated heterocycles. The zero-order valence-electron chi connectivity index (χ0n) is 44.5. The number of esters is 1. The molecule has 3 aliphatic rings. The first kappa shape index (κ1) is 66.9. The van der Waals surface area contributed by atoms with Gasteiger partial charge < -0.3 is 46.4 Å². The number of nitrogen functional groups attached to an aromatic ring is 3. The third kappa shape index (κ3) is 14.2. The van der Waals surface area contributed by atoms with E-state index in [-0.39, 0.29) is 116 Å². The van der Waals surface area contributed by atoms with Gasteiger partial charge in [0.15, 0.2) is 16.9 Å². The molecule has 0 aliphatic carbocycles. The summed E-state index contributed by atoms with van der Waals surface area (Å²) in [6, 6.07) is 8.76. The molecular weight excluding hydrogens is 1130 g/mol. The Balaban J connectivity index is 0.000000227. The third-order valence-corrected chi connectivity index (χ3v) is 17.2. The number of nitrogens with two attached hydrogens (primary N) is 3. The Morgan fingerprint density at radius 1 is 0.627 bits per heavy atom. The maximum atomic E-state index is 12.8. The molecule has 0 saturated carbocycles. The molecule has 0 radical (unpaired) electrons.